The molecule has 3 aliphatic carbocycles. The Morgan fingerprint density at radius 1 is 1.28 bits per heavy atom. The van der Waals surface area contributed by atoms with Crippen LogP contribution in [0, 0.1) is 28.1 Å². The van der Waals surface area contributed by atoms with Gasteiger partial charge in [-0.05, 0) is 60.2 Å². The standard InChI is InChI=1S/C17H28O/c1-15(2)8-5-12(7-10-18)14-16(3,4)13-6-9-17(14,15)11-13/h5,13-14,18H,6-11H2,1-4H3/t13-,14?,17-/m0/s1. The molecule has 1 nitrogen and oxygen atoms in total. The average molecular weight is 248 g/mol. The van der Waals surface area contributed by atoms with E-state index in [2.05, 4.69) is 33.8 Å². The summed E-state index contributed by atoms with van der Waals surface area (Å²) in [5, 5.41) is 9.37. The second kappa shape index (κ2) is 3.62. The molecule has 3 rings (SSSR count). The van der Waals surface area contributed by atoms with E-state index in [1.54, 1.807) is 5.57 Å². The summed E-state index contributed by atoms with van der Waals surface area (Å²) in [5.41, 5.74) is 2.99. The number of rotatable bonds is 2. The molecule has 0 aliphatic heterocycles. The van der Waals surface area contributed by atoms with Crippen LogP contribution in [-0.4, -0.2) is 11.7 Å². The summed E-state index contributed by atoms with van der Waals surface area (Å²) < 4.78 is 0. The van der Waals surface area contributed by atoms with E-state index in [9.17, 15) is 5.11 Å². The summed E-state index contributed by atoms with van der Waals surface area (Å²) in [4.78, 5) is 0. The van der Waals surface area contributed by atoms with Gasteiger partial charge in [0.1, 0.15) is 0 Å². The quantitative estimate of drug-likeness (QED) is 0.727. The van der Waals surface area contributed by atoms with E-state index in [-0.39, 0.29) is 0 Å². The summed E-state index contributed by atoms with van der Waals surface area (Å²) in [6.45, 7) is 10.2. The number of aliphatic hydroxyl groups excluding tert-OH is 1. The number of allylic oxidation sites excluding steroid dienone is 1. The first kappa shape index (κ1) is 12.7. The van der Waals surface area contributed by atoms with Gasteiger partial charge in [-0.15, -0.1) is 0 Å². The number of aliphatic hydroxyl groups is 1. The van der Waals surface area contributed by atoms with Crippen molar-refractivity contribution in [2.75, 3.05) is 6.61 Å². The lowest BCUT2D eigenvalue weighted by Gasteiger charge is -2.56. The van der Waals surface area contributed by atoms with Gasteiger partial charge in [-0.3, -0.25) is 0 Å². The second-order valence-corrected chi connectivity index (χ2v) is 8.19. The Labute approximate surface area is 112 Å². The van der Waals surface area contributed by atoms with Crippen LogP contribution in [-0.2, 0) is 0 Å². The summed E-state index contributed by atoms with van der Waals surface area (Å²) in [6.07, 6.45) is 8.86. The van der Waals surface area contributed by atoms with Crippen LogP contribution in [0.15, 0.2) is 11.6 Å². The minimum Gasteiger partial charge on any atom is -0.396 e. The fourth-order valence-electron chi connectivity index (χ4n) is 5.84. The highest BCUT2D eigenvalue weighted by atomic mass is 16.2. The summed E-state index contributed by atoms with van der Waals surface area (Å²) in [7, 11) is 0. The fraction of sp³-hybridized carbons (Fsp3) is 0.882. The maximum Gasteiger partial charge on any atom is 0.0468 e. The Hall–Kier alpha value is -0.300. The molecule has 0 aromatic heterocycles. The van der Waals surface area contributed by atoms with Gasteiger partial charge in [-0.25, -0.2) is 0 Å². The Morgan fingerprint density at radius 2 is 2.00 bits per heavy atom. The van der Waals surface area contributed by atoms with Crippen LogP contribution in [0.4, 0.5) is 0 Å². The van der Waals surface area contributed by atoms with E-state index >= 15 is 0 Å². The molecule has 0 heterocycles. The van der Waals surface area contributed by atoms with Crippen LogP contribution >= 0.6 is 0 Å². The predicted octanol–water partition coefficient (Wildman–Crippen LogP) is 4.17. The van der Waals surface area contributed by atoms with Crippen molar-refractivity contribution in [1.29, 1.82) is 0 Å². The van der Waals surface area contributed by atoms with Crippen molar-refractivity contribution in [1.82, 2.24) is 0 Å². The molecule has 18 heavy (non-hydrogen) atoms. The van der Waals surface area contributed by atoms with Gasteiger partial charge in [0.15, 0.2) is 0 Å². The molecule has 0 amide bonds. The molecule has 3 atom stereocenters. The van der Waals surface area contributed by atoms with E-state index in [0.717, 1.165) is 18.3 Å². The molecular weight excluding hydrogens is 220 g/mol. The number of fused-ring (bicyclic) bond motifs is 1. The lowest BCUT2D eigenvalue weighted by Crippen LogP contribution is -2.48. The predicted molar refractivity (Wildman–Crippen MR) is 75.2 cm³/mol. The Morgan fingerprint density at radius 3 is 2.67 bits per heavy atom. The van der Waals surface area contributed by atoms with Gasteiger partial charge in [0, 0.05) is 6.61 Å². The van der Waals surface area contributed by atoms with Crippen LogP contribution in [0.3, 0.4) is 0 Å². The maximum atomic E-state index is 9.37. The van der Waals surface area contributed by atoms with E-state index in [1.165, 1.54) is 25.7 Å². The number of hydrogen-bond donors (Lipinski definition) is 1. The highest BCUT2D eigenvalue weighted by Crippen LogP contribution is 2.75. The SMILES string of the molecule is CC1(C)C2C(CCO)=CCC(C)(C)[C@]23CC[C@H]1C3. The van der Waals surface area contributed by atoms with E-state index in [0.29, 0.717) is 22.9 Å². The zero-order chi connectivity index (χ0) is 13.2. The van der Waals surface area contributed by atoms with E-state index in [1.807, 2.05) is 0 Å². The fourth-order valence-corrected chi connectivity index (χ4v) is 5.84. The van der Waals surface area contributed by atoms with Gasteiger partial charge in [0.05, 0.1) is 0 Å². The summed E-state index contributed by atoms with van der Waals surface area (Å²) in [5.74, 6) is 1.63. The molecule has 1 spiro atoms. The zero-order valence-corrected chi connectivity index (χ0v) is 12.4. The first-order valence-electron chi connectivity index (χ1n) is 7.65. The van der Waals surface area contributed by atoms with E-state index in [4.69, 9.17) is 0 Å². The second-order valence-electron chi connectivity index (χ2n) is 8.19. The van der Waals surface area contributed by atoms with Crippen molar-refractivity contribution in [3.8, 4) is 0 Å². The third-order valence-electron chi connectivity index (χ3n) is 6.89. The molecule has 1 unspecified atom stereocenters. The smallest absolute Gasteiger partial charge is 0.0468 e. The van der Waals surface area contributed by atoms with Crippen molar-refractivity contribution in [3.63, 3.8) is 0 Å². The Kier molecular flexibility index (Phi) is 2.56. The van der Waals surface area contributed by atoms with Crippen molar-refractivity contribution in [2.24, 2.45) is 28.1 Å². The molecule has 1 N–H and O–H groups in total. The lowest BCUT2D eigenvalue weighted by atomic mass is 9.49. The highest BCUT2D eigenvalue weighted by Gasteiger charge is 2.67. The first-order chi connectivity index (χ1) is 8.35. The van der Waals surface area contributed by atoms with Crippen LogP contribution in [0.25, 0.3) is 0 Å². The zero-order valence-electron chi connectivity index (χ0n) is 12.4. The lowest BCUT2D eigenvalue weighted by molar-refractivity contribution is -0.0177. The van der Waals surface area contributed by atoms with Crippen molar-refractivity contribution < 1.29 is 5.11 Å². The Bertz CT molecular complexity index is 390. The van der Waals surface area contributed by atoms with Gasteiger partial charge >= 0.3 is 0 Å². The molecule has 0 radical (unpaired) electrons. The van der Waals surface area contributed by atoms with Gasteiger partial charge in [0.25, 0.3) is 0 Å². The molecule has 2 bridgehead atoms. The van der Waals surface area contributed by atoms with Crippen LogP contribution in [0.2, 0.25) is 0 Å². The molecule has 2 saturated carbocycles. The highest BCUT2D eigenvalue weighted by molar-refractivity contribution is 5.29. The summed E-state index contributed by atoms with van der Waals surface area (Å²) >= 11 is 0. The van der Waals surface area contributed by atoms with Crippen molar-refractivity contribution in [2.45, 2.75) is 59.8 Å². The van der Waals surface area contributed by atoms with Crippen molar-refractivity contribution in [3.05, 3.63) is 11.6 Å². The van der Waals surface area contributed by atoms with E-state index < -0.39 is 0 Å². The molecule has 3 aliphatic rings. The molecule has 102 valence electrons. The van der Waals surface area contributed by atoms with Gasteiger partial charge in [-0.1, -0.05) is 39.3 Å². The van der Waals surface area contributed by atoms with Crippen LogP contribution in [0.1, 0.15) is 59.8 Å². The first-order valence-corrected chi connectivity index (χ1v) is 7.65. The average Bonchev–Trinajstić information content (AvgIpc) is 2.79. The number of hydrogen-bond acceptors (Lipinski definition) is 1. The monoisotopic (exact) mass is 248 g/mol. The minimum absolute atomic E-state index is 0.319. The third kappa shape index (κ3) is 1.32. The van der Waals surface area contributed by atoms with Gasteiger partial charge < -0.3 is 5.11 Å². The van der Waals surface area contributed by atoms with Crippen LogP contribution in [0.5, 0.6) is 0 Å². The summed E-state index contributed by atoms with van der Waals surface area (Å²) in [6, 6.07) is 0. The molecule has 2 fully saturated rings. The van der Waals surface area contributed by atoms with Crippen molar-refractivity contribution >= 4 is 0 Å². The molecule has 0 aromatic rings. The third-order valence-corrected chi connectivity index (χ3v) is 6.89. The van der Waals surface area contributed by atoms with Gasteiger partial charge in [0.2, 0.25) is 0 Å². The van der Waals surface area contributed by atoms with Gasteiger partial charge in [-0.2, -0.15) is 0 Å². The molecular formula is C17H28O. The van der Waals surface area contributed by atoms with Crippen LogP contribution < -0.4 is 0 Å². The molecule has 0 aromatic carbocycles. The minimum atomic E-state index is 0.319. The molecule has 1 heteroatoms. The Balaban J connectivity index is 2.09. The molecule has 0 saturated heterocycles. The maximum absolute atomic E-state index is 9.37. The largest absolute Gasteiger partial charge is 0.396 e. The normalized spacial score (nSPS) is 43.7. The topological polar surface area (TPSA) is 20.2 Å².